The number of aromatic nitrogens is 1. The van der Waals surface area contributed by atoms with Gasteiger partial charge in [0.1, 0.15) is 52.7 Å². The molecule has 1 heterocycles. The van der Waals surface area contributed by atoms with Crippen LogP contribution in [0.3, 0.4) is 0 Å². The van der Waals surface area contributed by atoms with E-state index in [4.69, 9.17) is 0 Å². The minimum atomic E-state index is -7.22. The Balaban J connectivity index is 0.000000302. The highest BCUT2D eigenvalue weighted by Crippen LogP contribution is 2.31. The first-order valence-electron chi connectivity index (χ1n) is 16.9. The Hall–Kier alpha value is -6.68. The first kappa shape index (κ1) is 45.8. The average molecular weight is 917 g/mol. The number of rotatable bonds is 6. The van der Waals surface area contributed by atoms with E-state index in [0.29, 0.717) is 11.9 Å². The second-order valence-electron chi connectivity index (χ2n) is 13.1. The molecule has 23 heteroatoms. The quantitative estimate of drug-likeness (QED) is 0.0392. The van der Waals surface area contributed by atoms with Crippen molar-refractivity contribution in [2.24, 2.45) is 0 Å². The van der Waals surface area contributed by atoms with Crippen molar-refractivity contribution in [1.82, 2.24) is 0 Å². The molecule has 7 aromatic rings. The fourth-order valence-corrected chi connectivity index (χ4v) is 7.00. The summed E-state index contributed by atoms with van der Waals surface area (Å²) in [5.41, 5.74) is -13.2. The molecule has 6 aromatic carbocycles. The number of pyridine rings is 1. The maximum atomic E-state index is 15.4. The number of nitrogens with zero attached hydrogens (tertiary/aromatic N) is 1. The maximum absolute atomic E-state index is 15.4. The fraction of sp³-hybridized carbons (Fsp3) is 0.0250. The van der Waals surface area contributed by atoms with Crippen molar-refractivity contribution in [3.05, 3.63) is 195 Å². The summed E-state index contributed by atoms with van der Waals surface area (Å²) in [7, 11) is 0. The van der Waals surface area contributed by atoms with Crippen molar-refractivity contribution in [1.29, 1.82) is 0 Å². The van der Waals surface area contributed by atoms with E-state index in [1.54, 1.807) is 10.8 Å². The number of benzene rings is 6. The lowest BCUT2D eigenvalue weighted by atomic mass is 9.12. The molecule has 0 radical (unpaired) electrons. The summed E-state index contributed by atoms with van der Waals surface area (Å²) in [5.74, 6) is -71.6. The zero-order valence-electron chi connectivity index (χ0n) is 30.0. The third-order valence-corrected chi connectivity index (χ3v) is 9.77. The molecule has 0 saturated carbocycles. The van der Waals surface area contributed by atoms with Gasteiger partial charge in [-0.25, -0.2) is 87.8 Å². The first-order chi connectivity index (χ1) is 29.5. The highest BCUT2D eigenvalue weighted by molar-refractivity contribution is 7.20. The van der Waals surface area contributed by atoms with Gasteiger partial charge in [0.15, 0.2) is 82.5 Å². The topological polar surface area (TPSA) is 3.88 Å². The fourth-order valence-electron chi connectivity index (χ4n) is 7.00. The van der Waals surface area contributed by atoms with E-state index in [-0.39, 0.29) is 5.95 Å². The van der Waals surface area contributed by atoms with E-state index in [1.165, 1.54) is 0 Å². The van der Waals surface area contributed by atoms with Crippen LogP contribution in [0.1, 0.15) is 5.56 Å². The molecule has 0 aliphatic carbocycles. The predicted octanol–water partition coefficient (Wildman–Crippen LogP) is 9.16. The number of hydrogen-bond donors (Lipinski definition) is 0. The van der Waals surface area contributed by atoms with Crippen LogP contribution in [0.15, 0.2) is 66.9 Å². The molecule has 0 N–H and O–H groups in total. The lowest BCUT2D eigenvalue weighted by Gasteiger charge is -2.44. The summed E-state index contributed by atoms with van der Waals surface area (Å²) < 4.78 is 310. The molecule has 0 spiro atoms. The summed E-state index contributed by atoms with van der Waals surface area (Å²) in [6.45, 7) is 0.553. The molecular formula is C40H13BF21N. The Labute approximate surface area is 336 Å². The van der Waals surface area contributed by atoms with E-state index in [9.17, 15) is 57.1 Å². The van der Waals surface area contributed by atoms with Crippen molar-refractivity contribution in [3.8, 4) is 0 Å². The van der Waals surface area contributed by atoms with Gasteiger partial charge in [0.05, 0.1) is 5.39 Å². The second kappa shape index (κ2) is 16.9. The molecule has 0 fully saturated rings. The van der Waals surface area contributed by atoms with Crippen LogP contribution in [0, 0.1) is 122 Å². The number of halogens is 21. The molecule has 0 bridgehead atoms. The van der Waals surface area contributed by atoms with Gasteiger partial charge in [0.25, 0.3) is 0 Å². The van der Waals surface area contributed by atoms with Crippen molar-refractivity contribution < 1.29 is 96.8 Å². The molecule has 0 aliphatic heterocycles. The van der Waals surface area contributed by atoms with Crippen LogP contribution in [0.4, 0.5) is 92.2 Å². The van der Waals surface area contributed by atoms with Gasteiger partial charge in [-0.05, 0) is 11.5 Å². The summed E-state index contributed by atoms with van der Waals surface area (Å²) in [6.07, 6.45) is -5.42. The SMILES string of the molecule is Fc1c(F)c(F)c([B-](c2c(F)c(F)c(F)c(F)c2F)(c2c(F)c(F)c(F)c(F)c2F)c2c(F)c(F)c(F)c(F)c2F)c(F)c1F.Fc1c2ccccc2cc[n+]1Cc1ccccc1. The minimum Gasteiger partial charge on any atom is -0.207 e. The van der Waals surface area contributed by atoms with E-state index in [0.717, 1.165) is 10.9 Å². The molecule has 0 aliphatic rings. The monoisotopic (exact) mass is 917 g/mol. The third kappa shape index (κ3) is 7.06. The van der Waals surface area contributed by atoms with Crippen molar-refractivity contribution in [2.45, 2.75) is 6.54 Å². The largest absolute Gasteiger partial charge is 0.367 e. The zero-order chi connectivity index (χ0) is 46.7. The summed E-state index contributed by atoms with van der Waals surface area (Å²) in [4.78, 5) is 0. The molecule has 0 unspecified atom stereocenters. The highest BCUT2D eigenvalue weighted by atomic mass is 19.2. The third-order valence-electron chi connectivity index (χ3n) is 9.77. The predicted molar refractivity (Wildman–Crippen MR) is 179 cm³/mol. The summed E-state index contributed by atoms with van der Waals surface area (Å²) in [5, 5.41) is 1.59. The normalized spacial score (nSPS) is 11.6. The van der Waals surface area contributed by atoms with Crippen LogP contribution in [0.2, 0.25) is 0 Å². The van der Waals surface area contributed by atoms with E-state index in [2.05, 4.69) is 0 Å². The van der Waals surface area contributed by atoms with Gasteiger partial charge in [-0.1, -0.05) is 48.5 Å². The standard InChI is InChI=1S/C24BF20.C16H13FN/c26-5-1(6(27)14(35)21(42)13(5)34)25(2-7(28)15(36)22(43)16(37)8(2)29,3-9(30)17(38)23(44)18(39)10(3)31)4-11(32)19(40)24(45)20(41)12(4)33;17-16-15-9-5-4-8-14(15)10-11-18(16)12-13-6-2-1-3-7-13/h;1-11H,12H2/q-1;+1. The van der Waals surface area contributed by atoms with Crippen LogP contribution in [0.25, 0.3) is 10.8 Å². The van der Waals surface area contributed by atoms with Gasteiger partial charge < -0.3 is 0 Å². The molecular weight excluding hydrogens is 904 g/mol. The minimum absolute atomic E-state index is 0.183. The smallest absolute Gasteiger partial charge is 0.207 e. The van der Waals surface area contributed by atoms with E-state index in [1.807, 2.05) is 60.7 Å². The lowest BCUT2D eigenvalue weighted by Crippen LogP contribution is -2.81. The van der Waals surface area contributed by atoms with Crippen LogP contribution in [-0.4, -0.2) is 6.15 Å². The Morgan fingerprint density at radius 1 is 0.302 bits per heavy atom. The Kier molecular flexibility index (Phi) is 12.3. The van der Waals surface area contributed by atoms with E-state index < -0.39 is 144 Å². The molecule has 0 saturated heterocycles. The van der Waals surface area contributed by atoms with Gasteiger partial charge in [-0.2, -0.15) is 4.57 Å². The molecule has 0 amide bonds. The van der Waals surface area contributed by atoms with Gasteiger partial charge >= 0.3 is 5.95 Å². The second-order valence-corrected chi connectivity index (χ2v) is 13.1. The maximum Gasteiger partial charge on any atom is 0.367 e. The molecule has 1 nitrogen and oxygen atoms in total. The highest BCUT2D eigenvalue weighted by Gasteiger charge is 2.52. The molecule has 328 valence electrons. The van der Waals surface area contributed by atoms with Crippen LogP contribution in [0.5, 0.6) is 0 Å². The Morgan fingerprint density at radius 2 is 0.571 bits per heavy atom. The summed E-state index contributed by atoms with van der Waals surface area (Å²) in [6, 6.07) is 19.4. The van der Waals surface area contributed by atoms with Crippen LogP contribution < -0.4 is 26.4 Å². The van der Waals surface area contributed by atoms with Gasteiger partial charge in [-0.15, -0.1) is 26.2 Å². The summed E-state index contributed by atoms with van der Waals surface area (Å²) >= 11 is 0. The van der Waals surface area contributed by atoms with Gasteiger partial charge in [0, 0.05) is 11.6 Å². The van der Waals surface area contributed by atoms with Crippen molar-refractivity contribution >= 4 is 38.8 Å². The van der Waals surface area contributed by atoms with Crippen molar-refractivity contribution in [3.63, 3.8) is 0 Å². The molecule has 1 aromatic heterocycles. The number of hydrogen-bond acceptors (Lipinski definition) is 0. The van der Waals surface area contributed by atoms with Crippen molar-refractivity contribution in [2.75, 3.05) is 0 Å². The molecule has 7 rings (SSSR count). The molecule has 63 heavy (non-hydrogen) atoms. The first-order valence-corrected chi connectivity index (χ1v) is 16.9. The van der Waals surface area contributed by atoms with Gasteiger partial charge in [0.2, 0.25) is 0 Å². The van der Waals surface area contributed by atoms with Gasteiger partial charge in [-0.3, -0.25) is 0 Å². The van der Waals surface area contributed by atoms with E-state index >= 15 is 35.1 Å². The molecule has 0 atom stereocenters. The Bertz CT molecular complexity index is 2610. The average Bonchev–Trinajstić information content (AvgIpc) is 3.27. The van der Waals surface area contributed by atoms with Crippen LogP contribution in [-0.2, 0) is 6.54 Å². The van der Waals surface area contributed by atoms with Crippen LogP contribution >= 0.6 is 0 Å². The number of fused-ring (bicyclic) bond motifs is 1. The lowest BCUT2D eigenvalue weighted by molar-refractivity contribution is -0.714. The zero-order valence-corrected chi connectivity index (χ0v) is 30.0. The Morgan fingerprint density at radius 3 is 0.889 bits per heavy atom.